The second kappa shape index (κ2) is 7.68. The minimum Gasteiger partial charge on any atom is -0.323 e. The van der Waals surface area contributed by atoms with E-state index in [0.29, 0.717) is 27.1 Å². The first-order chi connectivity index (χ1) is 12.4. The predicted octanol–water partition coefficient (Wildman–Crippen LogP) is 5.23. The van der Waals surface area contributed by atoms with Crippen molar-refractivity contribution >= 4 is 46.4 Å². The van der Waals surface area contributed by atoms with Crippen LogP contribution in [-0.2, 0) is 0 Å². The van der Waals surface area contributed by atoms with Crippen LogP contribution in [0.5, 0.6) is 0 Å². The van der Waals surface area contributed by atoms with Crippen LogP contribution in [0.25, 0.3) is 0 Å². The lowest BCUT2D eigenvalue weighted by Crippen LogP contribution is -2.15. The lowest BCUT2D eigenvalue weighted by Gasteiger charge is -2.10. The van der Waals surface area contributed by atoms with Gasteiger partial charge in [-0.25, -0.2) is 14.4 Å². The van der Waals surface area contributed by atoms with Crippen molar-refractivity contribution in [1.29, 1.82) is 0 Å². The third-order valence-corrected chi connectivity index (χ3v) is 4.19. The Morgan fingerprint density at radius 1 is 1.08 bits per heavy atom. The van der Waals surface area contributed by atoms with Crippen LogP contribution in [0.15, 0.2) is 48.5 Å². The summed E-state index contributed by atoms with van der Waals surface area (Å²) >= 11 is 12.1. The van der Waals surface area contributed by atoms with E-state index in [0.717, 1.165) is 0 Å². The van der Waals surface area contributed by atoms with Crippen molar-refractivity contribution in [3.8, 4) is 0 Å². The van der Waals surface area contributed by atoms with Crippen LogP contribution in [-0.4, -0.2) is 15.9 Å². The lowest BCUT2D eigenvalue weighted by molar-refractivity contribution is 0.102. The fraction of sp³-hybridized carbons (Fsp3) is 0.0556. The smallest absolute Gasteiger partial charge is 0.274 e. The first-order valence-corrected chi connectivity index (χ1v) is 8.31. The Hall–Kier alpha value is -2.70. The molecule has 132 valence electrons. The van der Waals surface area contributed by atoms with E-state index in [-0.39, 0.29) is 11.6 Å². The number of aromatic nitrogens is 2. The van der Waals surface area contributed by atoms with Crippen molar-refractivity contribution in [3.63, 3.8) is 0 Å². The number of hydrogen-bond acceptors (Lipinski definition) is 4. The number of halogens is 3. The van der Waals surface area contributed by atoms with Crippen molar-refractivity contribution in [2.45, 2.75) is 6.92 Å². The number of aryl methyl sites for hydroxylation is 1. The molecule has 1 heterocycles. The van der Waals surface area contributed by atoms with E-state index in [1.807, 2.05) is 0 Å². The number of carbonyl (C=O) groups excluding carboxylic acids is 1. The molecule has 2 aromatic carbocycles. The molecule has 0 fully saturated rings. The third kappa shape index (κ3) is 4.28. The molecule has 3 rings (SSSR count). The minimum atomic E-state index is -0.485. The largest absolute Gasteiger partial charge is 0.323 e. The van der Waals surface area contributed by atoms with Crippen molar-refractivity contribution < 1.29 is 9.18 Å². The molecule has 0 radical (unpaired) electrons. The summed E-state index contributed by atoms with van der Waals surface area (Å²) in [5, 5.41) is 6.24. The van der Waals surface area contributed by atoms with E-state index in [2.05, 4.69) is 20.6 Å². The molecule has 0 bridgehead atoms. The molecule has 0 atom stereocenters. The van der Waals surface area contributed by atoms with Gasteiger partial charge in [-0.3, -0.25) is 4.79 Å². The van der Waals surface area contributed by atoms with E-state index in [1.165, 1.54) is 24.3 Å². The Labute approximate surface area is 159 Å². The van der Waals surface area contributed by atoms with E-state index in [9.17, 15) is 9.18 Å². The second-order valence-electron chi connectivity index (χ2n) is 5.41. The Bertz CT molecular complexity index is 981. The molecular formula is C18H13Cl2FN4O. The van der Waals surface area contributed by atoms with Crippen LogP contribution < -0.4 is 10.6 Å². The molecule has 0 spiro atoms. The summed E-state index contributed by atoms with van der Waals surface area (Å²) in [6.07, 6.45) is 0. The zero-order chi connectivity index (χ0) is 18.7. The van der Waals surface area contributed by atoms with Crippen LogP contribution in [0.2, 0.25) is 10.0 Å². The standard InChI is InChI=1S/C18H13Cl2FN4O/c1-10-8-15(17(26)23-12-5-2-4-11(21)9-12)25-18(22-10)24-14-7-3-6-13(19)16(14)20/h2-9H,1H3,(H,23,26)(H,22,24,25). The van der Waals surface area contributed by atoms with Crippen LogP contribution in [0.3, 0.4) is 0 Å². The van der Waals surface area contributed by atoms with Gasteiger partial charge < -0.3 is 10.6 Å². The molecular weight excluding hydrogens is 378 g/mol. The highest BCUT2D eigenvalue weighted by Crippen LogP contribution is 2.31. The van der Waals surface area contributed by atoms with Crippen LogP contribution in [0.4, 0.5) is 21.7 Å². The number of anilines is 3. The Kier molecular flexibility index (Phi) is 5.35. The number of hydrogen-bond donors (Lipinski definition) is 2. The molecule has 0 aliphatic heterocycles. The topological polar surface area (TPSA) is 66.9 Å². The molecule has 0 aliphatic carbocycles. The van der Waals surface area contributed by atoms with E-state index < -0.39 is 11.7 Å². The number of rotatable bonds is 4. The average Bonchev–Trinajstić information content (AvgIpc) is 2.58. The zero-order valence-electron chi connectivity index (χ0n) is 13.6. The highest BCUT2D eigenvalue weighted by atomic mass is 35.5. The highest BCUT2D eigenvalue weighted by molar-refractivity contribution is 6.43. The van der Waals surface area contributed by atoms with Gasteiger partial charge in [0.25, 0.3) is 5.91 Å². The van der Waals surface area contributed by atoms with Gasteiger partial charge in [-0.1, -0.05) is 35.3 Å². The van der Waals surface area contributed by atoms with Gasteiger partial charge in [0, 0.05) is 11.4 Å². The van der Waals surface area contributed by atoms with Gasteiger partial charge in [-0.05, 0) is 43.3 Å². The van der Waals surface area contributed by atoms with Crippen molar-refractivity contribution in [3.05, 3.63) is 75.8 Å². The molecule has 0 saturated carbocycles. The molecule has 0 aliphatic rings. The molecule has 1 aromatic heterocycles. The number of nitrogens with one attached hydrogen (secondary N) is 2. The second-order valence-corrected chi connectivity index (χ2v) is 6.19. The molecule has 8 heteroatoms. The predicted molar refractivity (Wildman–Crippen MR) is 101 cm³/mol. The number of carbonyl (C=O) groups is 1. The Morgan fingerprint density at radius 3 is 2.62 bits per heavy atom. The average molecular weight is 391 g/mol. The molecule has 5 nitrogen and oxygen atoms in total. The number of amides is 1. The van der Waals surface area contributed by atoms with Gasteiger partial charge >= 0.3 is 0 Å². The molecule has 0 unspecified atom stereocenters. The SMILES string of the molecule is Cc1cc(C(=O)Nc2cccc(F)c2)nc(Nc2cccc(Cl)c2Cl)n1. The quantitative estimate of drug-likeness (QED) is 0.640. The first-order valence-electron chi connectivity index (χ1n) is 7.56. The number of benzene rings is 2. The van der Waals surface area contributed by atoms with Crippen LogP contribution in [0, 0.1) is 12.7 Å². The van der Waals surface area contributed by atoms with Crippen LogP contribution in [0.1, 0.15) is 16.2 Å². The van der Waals surface area contributed by atoms with E-state index in [1.54, 1.807) is 31.2 Å². The van der Waals surface area contributed by atoms with Gasteiger partial charge in [0.2, 0.25) is 5.95 Å². The molecule has 26 heavy (non-hydrogen) atoms. The summed E-state index contributed by atoms with van der Waals surface area (Å²) in [4.78, 5) is 20.8. The monoisotopic (exact) mass is 390 g/mol. The maximum absolute atomic E-state index is 13.3. The summed E-state index contributed by atoms with van der Waals surface area (Å²) in [7, 11) is 0. The van der Waals surface area contributed by atoms with Crippen molar-refractivity contribution in [1.82, 2.24) is 9.97 Å². The maximum atomic E-state index is 13.3. The summed E-state index contributed by atoms with van der Waals surface area (Å²) < 4.78 is 13.3. The molecule has 0 saturated heterocycles. The Morgan fingerprint density at radius 2 is 1.85 bits per heavy atom. The molecule has 3 aromatic rings. The fourth-order valence-corrected chi connectivity index (χ4v) is 2.57. The molecule has 1 amide bonds. The van der Waals surface area contributed by atoms with E-state index >= 15 is 0 Å². The van der Waals surface area contributed by atoms with Gasteiger partial charge in [0.15, 0.2) is 0 Å². The van der Waals surface area contributed by atoms with Crippen LogP contribution >= 0.6 is 23.2 Å². The summed E-state index contributed by atoms with van der Waals surface area (Å²) in [6.45, 7) is 1.73. The maximum Gasteiger partial charge on any atom is 0.274 e. The molecule has 2 N–H and O–H groups in total. The minimum absolute atomic E-state index is 0.127. The van der Waals surface area contributed by atoms with Crippen molar-refractivity contribution in [2.75, 3.05) is 10.6 Å². The van der Waals surface area contributed by atoms with Crippen molar-refractivity contribution in [2.24, 2.45) is 0 Å². The highest BCUT2D eigenvalue weighted by Gasteiger charge is 2.13. The van der Waals surface area contributed by atoms with Gasteiger partial charge in [0.1, 0.15) is 11.5 Å². The zero-order valence-corrected chi connectivity index (χ0v) is 15.1. The number of nitrogens with zero attached hydrogens (tertiary/aromatic N) is 2. The summed E-state index contributed by atoms with van der Waals surface area (Å²) in [6, 6.07) is 12.2. The fourth-order valence-electron chi connectivity index (χ4n) is 2.22. The summed E-state index contributed by atoms with van der Waals surface area (Å²) in [5.74, 6) is -0.737. The van der Waals surface area contributed by atoms with Gasteiger partial charge in [-0.2, -0.15) is 0 Å². The first kappa shape index (κ1) is 18.1. The van der Waals surface area contributed by atoms with Gasteiger partial charge in [0.05, 0.1) is 15.7 Å². The van der Waals surface area contributed by atoms with Gasteiger partial charge in [-0.15, -0.1) is 0 Å². The van der Waals surface area contributed by atoms with E-state index in [4.69, 9.17) is 23.2 Å². The normalized spacial score (nSPS) is 10.5. The lowest BCUT2D eigenvalue weighted by atomic mass is 10.2. The summed E-state index contributed by atoms with van der Waals surface area (Å²) in [5.41, 5.74) is 1.55. The third-order valence-electron chi connectivity index (χ3n) is 3.37. The Balaban J connectivity index is 1.85.